The number of halogens is 1. The summed E-state index contributed by atoms with van der Waals surface area (Å²) in [5.74, 6) is -0.0239. The first kappa shape index (κ1) is 22.8. The Morgan fingerprint density at radius 2 is 1.79 bits per heavy atom. The Kier molecular flexibility index (Phi) is 6.96. The summed E-state index contributed by atoms with van der Waals surface area (Å²) in [5, 5.41) is 6.44. The first-order valence-electron chi connectivity index (χ1n) is 10.5. The van der Waals surface area contributed by atoms with Crippen molar-refractivity contribution in [1.29, 1.82) is 0 Å². The van der Waals surface area contributed by atoms with E-state index in [2.05, 4.69) is 15.5 Å². The lowest BCUT2D eigenvalue weighted by Crippen LogP contribution is -2.48. The van der Waals surface area contributed by atoms with Crippen molar-refractivity contribution in [2.24, 2.45) is 0 Å². The fraction of sp³-hybridized carbons (Fsp3) is 0.208. The molecule has 1 saturated heterocycles. The van der Waals surface area contributed by atoms with Crippen LogP contribution in [0.3, 0.4) is 0 Å². The molecule has 2 aromatic carbocycles. The molecule has 2 amide bonds. The molecule has 0 aliphatic carbocycles. The molecule has 7 nitrogen and oxygen atoms in total. The smallest absolute Gasteiger partial charge is 0.289 e. The lowest BCUT2D eigenvalue weighted by Gasteiger charge is -2.36. The number of piperazine rings is 1. The second-order valence-electron chi connectivity index (χ2n) is 7.65. The van der Waals surface area contributed by atoms with Gasteiger partial charge in [-0.2, -0.15) is 0 Å². The summed E-state index contributed by atoms with van der Waals surface area (Å²) in [6.45, 7) is 4.33. The molecular formula is C24H23ClN4O3S. The van der Waals surface area contributed by atoms with Crippen molar-refractivity contribution < 1.29 is 14.0 Å². The van der Waals surface area contributed by atoms with E-state index >= 15 is 0 Å². The van der Waals surface area contributed by atoms with E-state index in [1.165, 1.54) is 6.26 Å². The van der Waals surface area contributed by atoms with Crippen molar-refractivity contribution in [1.82, 2.24) is 10.2 Å². The summed E-state index contributed by atoms with van der Waals surface area (Å²) in [5.41, 5.74) is 2.99. The highest BCUT2D eigenvalue weighted by molar-refractivity contribution is 7.80. The normalized spacial score (nSPS) is 13.5. The highest BCUT2D eigenvalue weighted by atomic mass is 35.5. The van der Waals surface area contributed by atoms with Crippen molar-refractivity contribution in [2.45, 2.75) is 6.92 Å². The van der Waals surface area contributed by atoms with Crippen LogP contribution in [0.4, 0.5) is 11.4 Å². The first-order chi connectivity index (χ1) is 15.9. The highest BCUT2D eigenvalue weighted by Crippen LogP contribution is 2.30. The Hall–Kier alpha value is -3.36. The lowest BCUT2D eigenvalue weighted by molar-refractivity contribution is 0.0714. The largest absolute Gasteiger partial charge is 0.459 e. The van der Waals surface area contributed by atoms with E-state index < -0.39 is 0 Å². The van der Waals surface area contributed by atoms with Gasteiger partial charge in [0, 0.05) is 37.4 Å². The number of thiocarbonyl (C=S) groups is 1. The van der Waals surface area contributed by atoms with Crippen molar-refractivity contribution in [3.8, 4) is 0 Å². The van der Waals surface area contributed by atoms with Crippen LogP contribution in [-0.4, -0.2) is 48.0 Å². The predicted molar refractivity (Wildman–Crippen MR) is 133 cm³/mol. The molecule has 1 aromatic heterocycles. The predicted octanol–water partition coefficient (Wildman–Crippen LogP) is 4.33. The number of nitrogens with zero attached hydrogens (tertiary/aromatic N) is 2. The number of anilines is 2. The minimum absolute atomic E-state index is 0.105. The van der Waals surface area contributed by atoms with E-state index in [1.807, 2.05) is 37.3 Å². The molecule has 1 aliphatic heterocycles. The van der Waals surface area contributed by atoms with E-state index in [-0.39, 0.29) is 16.9 Å². The third-order valence-corrected chi connectivity index (χ3v) is 5.97. The van der Waals surface area contributed by atoms with Gasteiger partial charge >= 0.3 is 0 Å². The van der Waals surface area contributed by atoms with Crippen LogP contribution in [0.2, 0.25) is 5.02 Å². The van der Waals surface area contributed by atoms with Gasteiger partial charge in [-0.15, -0.1) is 0 Å². The van der Waals surface area contributed by atoms with Gasteiger partial charge in [0.15, 0.2) is 10.9 Å². The Balaban J connectivity index is 1.33. The molecular weight excluding hydrogens is 460 g/mol. The minimum Gasteiger partial charge on any atom is -0.459 e. The monoisotopic (exact) mass is 482 g/mol. The number of amides is 2. The maximum Gasteiger partial charge on any atom is 0.289 e. The fourth-order valence-corrected chi connectivity index (χ4v) is 4.22. The zero-order valence-electron chi connectivity index (χ0n) is 18.0. The zero-order valence-corrected chi connectivity index (χ0v) is 19.6. The summed E-state index contributed by atoms with van der Waals surface area (Å²) < 4.78 is 5.21. The minimum atomic E-state index is -0.268. The van der Waals surface area contributed by atoms with Gasteiger partial charge in [-0.25, -0.2) is 0 Å². The van der Waals surface area contributed by atoms with Crippen LogP contribution < -0.4 is 15.5 Å². The molecule has 0 radical (unpaired) electrons. The van der Waals surface area contributed by atoms with E-state index in [1.54, 1.807) is 29.2 Å². The van der Waals surface area contributed by atoms with Crippen molar-refractivity contribution in [2.75, 3.05) is 36.4 Å². The molecule has 0 spiro atoms. The molecule has 2 N–H and O–H groups in total. The van der Waals surface area contributed by atoms with Crippen LogP contribution >= 0.6 is 23.8 Å². The van der Waals surface area contributed by atoms with E-state index in [4.69, 9.17) is 28.2 Å². The molecule has 0 atom stereocenters. The number of furan rings is 1. The molecule has 9 heteroatoms. The van der Waals surface area contributed by atoms with Crippen molar-refractivity contribution in [3.05, 3.63) is 82.8 Å². The van der Waals surface area contributed by atoms with Crippen LogP contribution in [0.25, 0.3) is 0 Å². The number of carbonyl (C=O) groups is 2. The van der Waals surface area contributed by atoms with Crippen LogP contribution in [0.5, 0.6) is 0 Å². The van der Waals surface area contributed by atoms with Gasteiger partial charge in [0.05, 0.1) is 17.0 Å². The summed E-state index contributed by atoms with van der Waals surface area (Å²) in [4.78, 5) is 28.8. The molecule has 33 heavy (non-hydrogen) atoms. The molecule has 0 saturated carbocycles. The second-order valence-corrected chi connectivity index (χ2v) is 8.46. The number of rotatable bonds is 4. The Bertz CT molecular complexity index is 1170. The molecule has 4 rings (SSSR count). The topological polar surface area (TPSA) is 77.8 Å². The molecule has 170 valence electrons. The third-order valence-electron chi connectivity index (χ3n) is 5.46. The molecule has 3 aromatic rings. The third kappa shape index (κ3) is 5.35. The van der Waals surface area contributed by atoms with Gasteiger partial charge in [0.2, 0.25) is 0 Å². The maximum atomic E-state index is 12.4. The van der Waals surface area contributed by atoms with E-state index in [0.717, 1.165) is 11.3 Å². The summed E-state index contributed by atoms with van der Waals surface area (Å²) in [6.07, 6.45) is 1.50. The van der Waals surface area contributed by atoms with Crippen LogP contribution in [0, 0.1) is 6.92 Å². The quantitative estimate of drug-likeness (QED) is 0.539. The van der Waals surface area contributed by atoms with Crippen molar-refractivity contribution >= 4 is 52.1 Å². The van der Waals surface area contributed by atoms with Crippen LogP contribution in [0.1, 0.15) is 26.5 Å². The summed E-state index contributed by atoms with van der Waals surface area (Å²) in [7, 11) is 0. The number of benzene rings is 2. The van der Waals surface area contributed by atoms with Crippen LogP contribution in [0.15, 0.2) is 65.3 Å². The first-order valence-corrected chi connectivity index (χ1v) is 11.3. The summed E-state index contributed by atoms with van der Waals surface area (Å²) >= 11 is 11.8. The number of hydrogen-bond acceptors (Lipinski definition) is 5. The van der Waals surface area contributed by atoms with E-state index in [9.17, 15) is 9.59 Å². The average molecular weight is 483 g/mol. The SMILES string of the molecule is Cc1ccccc1C(=O)NC(=S)Nc1ccc(N2CCN(C(=O)c3ccco3)CC2)c(Cl)c1. The van der Waals surface area contributed by atoms with Gasteiger partial charge in [-0.05, 0) is 61.1 Å². The van der Waals surface area contributed by atoms with Gasteiger partial charge in [-0.1, -0.05) is 29.8 Å². The zero-order chi connectivity index (χ0) is 23.4. The number of aryl methyl sites for hydroxylation is 1. The fourth-order valence-electron chi connectivity index (χ4n) is 3.71. The number of nitrogens with one attached hydrogen (secondary N) is 2. The molecule has 1 aliphatic rings. The van der Waals surface area contributed by atoms with E-state index in [0.29, 0.717) is 48.2 Å². The van der Waals surface area contributed by atoms with Gasteiger partial charge < -0.3 is 19.5 Å². The van der Waals surface area contributed by atoms with Gasteiger partial charge in [0.25, 0.3) is 11.8 Å². The Morgan fingerprint density at radius 1 is 1.03 bits per heavy atom. The van der Waals surface area contributed by atoms with Crippen molar-refractivity contribution in [3.63, 3.8) is 0 Å². The molecule has 0 unspecified atom stereocenters. The molecule has 0 bridgehead atoms. The maximum absolute atomic E-state index is 12.4. The number of carbonyl (C=O) groups excluding carboxylic acids is 2. The van der Waals surface area contributed by atoms with Gasteiger partial charge in [0.1, 0.15) is 0 Å². The Labute approximate surface area is 202 Å². The summed E-state index contributed by atoms with van der Waals surface area (Å²) in [6, 6.07) is 16.2. The van der Waals surface area contributed by atoms with Crippen LogP contribution in [-0.2, 0) is 0 Å². The molecule has 2 heterocycles. The van der Waals surface area contributed by atoms with Gasteiger partial charge in [-0.3, -0.25) is 14.9 Å². The molecule has 1 fully saturated rings. The standard InChI is InChI=1S/C24H23ClN4O3S/c1-16-5-2-3-6-18(16)22(30)27-24(33)26-17-8-9-20(19(25)15-17)28-10-12-29(13-11-28)23(31)21-7-4-14-32-21/h2-9,14-15H,10-13H2,1H3,(H2,26,27,30,33). The second kappa shape index (κ2) is 10.1. The number of hydrogen-bond donors (Lipinski definition) is 2. The Morgan fingerprint density at radius 3 is 2.45 bits per heavy atom. The highest BCUT2D eigenvalue weighted by Gasteiger charge is 2.24. The average Bonchev–Trinajstić information content (AvgIpc) is 3.34. The lowest BCUT2D eigenvalue weighted by atomic mass is 10.1.